The number of allylic oxidation sites excluding steroid dienone is 1. The fourth-order valence-corrected chi connectivity index (χ4v) is 9.25. The Hall–Kier alpha value is -0.300. The Morgan fingerprint density at radius 2 is 1.72 bits per heavy atom. The molecular formula is C31H54O. The van der Waals surface area contributed by atoms with E-state index in [2.05, 4.69) is 61.5 Å². The molecule has 1 nitrogen and oxygen atoms in total. The van der Waals surface area contributed by atoms with Gasteiger partial charge in [-0.3, -0.25) is 0 Å². The first-order chi connectivity index (χ1) is 14.9. The largest absolute Gasteiger partial charge is 0.372 e. The van der Waals surface area contributed by atoms with Gasteiger partial charge in [0.25, 0.3) is 0 Å². The molecule has 1 heteroatoms. The Kier molecular flexibility index (Phi) is 7.02. The highest BCUT2D eigenvalue weighted by Crippen LogP contribution is 2.67. The van der Waals surface area contributed by atoms with E-state index in [1.807, 2.05) is 0 Å². The first-order valence-electron chi connectivity index (χ1n) is 14.3. The highest BCUT2D eigenvalue weighted by molar-refractivity contribution is 5.25. The van der Waals surface area contributed by atoms with Crippen molar-refractivity contribution in [2.45, 2.75) is 138 Å². The molecule has 8 atom stereocenters. The lowest BCUT2D eigenvalue weighted by molar-refractivity contribution is -0.0955. The number of rotatable bonds is 6. The second kappa shape index (κ2) is 9.05. The number of fused-ring (bicyclic) bond motifs is 5. The molecule has 0 saturated heterocycles. The van der Waals surface area contributed by atoms with Crippen molar-refractivity contribution in [3.8, 4) is 0 Å². The van der Waals surface area contributed by atoms with E-state index in [-0.39, 0.29) is 5.60 Å². The predicted molar refractivity (Wildman–Crippen MR) is 138 cm³/mol. The van der Waals surface area contributed by atoms with Gasteiger partial charge in [0.1, 0.15) is 0 Å². The Balaban J connectivity index is 1.46. The molecule has 7 unspecified atom stereocenters. The van der Waals surface area contributed by atoms with Crippen molar-refractivity contribution in [3.05, 3.63) is 11.6 Å². The van der Waals surface area contributed by atoms with Gasteiger partial charge in [0.15, 0.2) is 0 Å². The summed E-state index contributed by atoms with van der Waals surface area (Å²) in [4.78, 5) is 0. The van der Waals surface area contributed by atoms with Crippen molar-refractivity contribution in [1.82, 2.24) is 0 Å². The first kappa shape index (κ1) is 24.8. The molecule has 0 heterocycles. The molecule has 0 radical (unpaired) electrons. The molecule has 0 amide bonds. The van der Waals surface area contributed by atoms with Crippen LogP contribution in [0.25, 0.3) is 0 Å². The number of hydrogen-bond acceptors (Lipinski definition) is 1. The van der Waals surface area contributed by atoms with Crippen LogP contribution in [-0.2, 0) is 4.74 Å². The fraction of sp³-hybridized carbons (Fsp3) is 0.935. The van der Waals surface area contributed by atoms with Gasteiger partial charge in [0.2, 0.25) is 0 Å². The maximum absolute atomic E-state index is 6.44. The molecule has 32 heavy (non-hydrogen) atoms. The summed E-state index contributed by atoms with van der Waals surface area (Å²) in [5, 5.41) is 0. The van der Waals surface area contributed by atoms with Gasteiger partial charge >= 0.3 is 0 Å². The summed E-state index contributed by atoms with van der Waals surface area (Å²) < 4.78 is 6.44. The van der Waals surface area contributed by atoms with Crippen LogP contribution in [-0.4, -0.2) is 11.7 Å². The van der Waals surface area contributed by atoms with Crippen molar-refractivity contribution in [2.75, 3.05) is 0 Å². The summed E-state index contributed by atoms with van der Waals surface area (Å²) in [7, 11) is 0. The third-order valence-corrected chi connectivity index (χ3v) is 10.8. The summed E-state index contributed by atoms with van der Waals surface area (Å²) in [6.45, 7) is 19.4. The van der Waals surface area contributed by atoms with E-state index in [1.165, 1.54) is 70.6 Å². The maximum Gasteiger partial charge on any atom is 0.0619 e. The van der Waals surface area contributed by atoms with Crippen LogP contribution in [0.4, 0.5) is 0 Å². The molecule has 184 valence electrons. The van der Waals surface area contributed by atoms with Crippen molar-refractivity contribution in [2.24, 2.45) is 46.3 Å². The van der Waals surface area contributed by atoms with E-state index in [4.69, 9.17) is 4.74 Å². The molecule has 0 bridgehead atoms. The van der Waals surface area contributed by atoms with E-state index in [0.717, 1.165) is 35.5 Å². The minimum absolute atomic E-state index is 0.0203. The Morgan fingerprint density at radius 3 is 2.41 bits per heavy atom. The van der Waals surface area contributed by atoms with Crippen LogP contribution in [0.1, 0.15) is 126 Å². The summed E-state index contributed by atoms with van der Waals surface area (Å²) >= 11 is 0. The van der Waals surface area contributed by atoms with Gasteiger partial charge in [-0.15, -0.1) is 0 Å². The molecule has 0 aliphatic heterocycles. The van der Waals surface area contributed by atoms with Crippen LogP contribution < -0.4 is 0 Å². The standard InChI is InChI=1S/C31H54O/c1-21(2)10-9-11-22(3)26-14-15-27-25-13-12-23-20-24(32-29(4,5)6)16-18-30(23,7)28(25)17-19-31(26,27)8/h12,21-22,24-28H,9-11,13-20H2,1-8H3/t22?,24-,25?,26?,27?,28?,30?,31?/m0/s1. The molecule has 0 aromatic heterocycles. The predicted octanol–water partition coefficient (Wildman–Crippen LogP) is 9.21. The normalized spacial score (nSPS) is 42.8. The number of ether oxygens (including phenoxy) is 1. The van der Waals surface area contributed by atoms with Gasteiger partial charge in [-0.2, -0.15) is 0 Å². The van der Waals surface area contributed by atoms with Crippen LogP contribution >= 0.6 is 0 Å². The molecule has 0 aromatic carbocycles. The third kappa shape index (κ3) is 4.63. The monoisotopic (exact) mass is 442 g/mol. The van der Waals surface area contributed by atoms with Crippen LogP contribution in [0.5, 0.6) is 0 Å². The van der Waals surface area contributed by atoms with Crippen LogP contribution in [0.2, 0.25) is 0 Å². The average molecular weight is 443 g/mol. The zero-order chi connectivity index (χ0) is 23.3. The minimum Gasteiger partial charge on any atom is -0.372 e. The summed E-state index contributed by atoms with van der Waals surface area (Å²) in [6, 6.07) is 0. The highest BCUT2D eigenvalue weighted by atomic mass is 16.5. The van der Waals surface area contributed by atoms with Crippen LogP contribution in [0.3, 0.4) is 0 Å². The molecule has 0 N–H and O–H groups in total. The molecule has 0 aromatic rings. The third-order valence-electron chi connectivity index (χ3n) is 10.8. The first-order valence-corrected chi connectivity index (χ1v) is 14.3. The smallest absolute Gasteiger partial charge is 0.0619 e. The quantitative estimate of drug-likeness (QED) is 0.372. The summed E-state index contributed by atoms with van der Waals surface area (Å²) in [5.41, 5.74) is 2.79. The Morgan fingerprint density at radius 1 is 0.969 bits per heavy atom. The van der Waals surface area contributed by atoms with Gasteiger partial charge in [0.05, 0.1) is 11.7 Å². The topological polar surface area (TPSA) is 9.23 Å². The van der Waals surface area contributed by atoms with Gasteiger partial charge in [-0.1, -0.05) is 65.5 Å². The molecule has 4 aliphatic carbocycles. The SMILES string of the molecule is CC(C)CCCC(C)C1CCC2C3CC=C4C[C@@H](OC(C)(C)C)CCC4(C)C3CCC12C. The lowest BCUT2D eigenvalue weighted by atomic mass is 9.47. The van der Waals surface area contributed by atoms with E-state index in [0.29, 0.717) is 16.9 Å². The van der Waals surface area contributed by atoms with Crippen LogP contribution in [0.15, 0.2) is 11.6 Å². The van der Waals surface area contributed by atoms with E-state index >= 15 is 0 Å². The van der Waals surface area contributed by atoms with E-state index < -0.39 is 0 Å². The Bertz CT molecular complexity index is 683. The fourth-order valence-electron chi connectivity index (χ4n) is 9.25. The van der Waals surface area contributed by atoms with Gasteiger partial charge < -0.3 is 4.74 Å². The summed E-state index contributed by atoms with van der Waals surface area (Å²) in [6.07, 6.45) is 18.6. The zero-order valence-corrected chi connectivity index (χ0v) is 22.8. The van der Waals surface area contributed by atoms with Gasteiger partial charge in [-0.05, 0) is 118 Å². The van der Waals surface area contributed by atoms with Crippen molar-refractivity contribution < 1.29 is 4.74 Å². The minimum atomic E-state index is -0.0203. The van der Waals surface area contributed by atoms with E-state index in [1.54, 1.807) is 5.57 Å². The summed E-state index contributed by atoms with van der Waals surface area (Å²) in [5.74, 6) is 5.57. The van der Waals surface area contributed by atoms with Gasteiger partial charge in [0, 0.05) is 0 Å². The Labute approximate surface area is 200 Å². The number of hydrogen-bond donors (Lipinski definition) is 0. The molecule has 3 saturated carbocycles. The maximum atomic E-state index is 6.44. The lowest BCUT2D eigenvalue weighted by Gasteiger charge is -2.58. The van der Waals surface area contributed by atoms with E-state index in [9.17, 15) is 0 Å². The van der Waals surface area contributed by atoms with Crippen molar-refractivity contribution in [1.29, 1.82) is 0 Å². The van der Waals surface area contributed by atoms with Gasteiger partial charge in [-0.25, -0.2) is 0 Å². The highest BCUT2D eigenvalue weighted by Gasteiger charge is 2.59. The second-order valence-electron chi connectivity index (χ2n) is 14.4. The zero-order valence-electron chi connectivity index (χ0n) is 22.8. The van der Waals surface area contributed by atoms with Crippen molar-refractivity contribution >= 4 is 0 Å². The molecule has 4 rings (SSSR count). The molecule has 0 spiro atoms. The second-order valence-corrected chi connectivity index (χ2v) is 14.4. The molecule has 3 fully saturated rings. The van der Waals surface area contributed by atoms with Crippen LogP contribution in [0, 0.1) is 46.3 Å². The molecular weight excluding hydrogens is 388 g/mol. The average Bonchev–Trinajstić information content (AvgIpc) is 3.04. The van der Waals surface area contributed by atoms with Crippen molar-refractivity contribution in [3.63, 3.8) is 0 Å². The molecule has 4 aliphatic rings. The lowest BCUT2D eigenvalue weighted by Crippen LogP contribution is -2.51.